The summed E-state index contributed by atoms with van der Waals surface area (Å²) in [5.74, 6) is 0.206. The Morgan fingerprint density at radius 2 is 2.32 bits per heavy atom. The monoisotopic (exact) mass is 260 g/mol. The molecule has 0 bridgehead atoms. The zero-order chi connectivity index (χ0) is 13.7. The Hall–Kier alpha value is -2.16. The second-order valence-electron chi connectivity index (χ2n) is 4.73. The van der Waals surface area contributed by atoms with Crippen LogP contribution in [0.5, 0.6) is 0 Å². The quantitative estimate of drug-likeness (QED) is 0.880. The molecule has 100 valence electrons. The minimum atomic E-state index is -0.755. The van der Waals surface area contributed by atoms with Gasteiger partial charge in [-0.05, 0) is 25.2 Å². The Balaban J connectivity index is 2.04. The zero-order valence-electron chi connectivity index (χ0n) is 10.6. The average molecular weight is 260 g/mol. The Morgan fingerprint density at radius 1 is 1.53 bits per heavy atom. The number of anilines is 1. The molecule has 6 nitrogen and oxygen atoms in total. The van der Waals surface area contributed by atoms with Crippen LogP contribution >= 0.6 is 0 Å². The van der Waals surface area contributed by atoms with Gasteiger partial charge >= 0.3 is 5.97 Å². The third-order valence-corrected chi connectivity index (χ3v) is 3.37. The molecule has 0 aromatic carbocycles. The van der Waals surface area contributed by atoms with Crippen molar-refractivity contribution in [1.29, 1.82) is 5.26 Å². The lowest BCUT2D eigenvalue weighted by molar-refractivity contribution is -0.137. The van der Waals surface area contributed by atoms with Gasteiger partial charge in [0.25, 0.3) is 0 Å². The molecule has 1 aliphatic heterocycles. The van der Waals surface area contributed by atoms with Gasteiger partial charge in [-0.3, -0.25) is 4.79 Å². The van der Waals surface area contributed by atoms with E-state index in [1.54, 1.807) is 6.20 Å². The van der Waals surface area contributed by atoms with E-state index in [1.165, 1.54) is 6.20 Å². The van der Waals surface area contributed by atoms with E-state index in [0.717, 1.165) is 25.9 Å². The number of aromatic nitrogens is 2. The fourth-order valence-electron chi connectivity index (χ4n) is 2.46. The van der Waals surface area contributed by atoms with Crippen LogP contribution in [0.4, 0.5) is 5.82 Å². The molecule has 1 atom stereocenters. The van der Waals surface area contributed by atoms with Crippen LogP contribution in [-0.4, -0.2) is 34.1 Å². The van der Waals surface area contributed by atoms with Crippen LogP contribution in [-0.2, 0) is 4.79 Å². The second-order valence-corrected chi connectivity index (χ2v) is 4.73. The normalized spacial score (nSPS) is 18.9. The molecular weight excluding hydrogens is 244 g/mol. The van der Waals surface area contributed by atoms with Crippen molar-refractivity contribution in [2.24, 2.45) is 5.92 Å². The molecule has 19 heavy (non-hydrogen) atoms. The van der Waals surface area contributed by atoms with Crippen LogP contribution in [0.25, 0.3) is 0 Å². The maximum atomic E-state index is 10.6. The lowest BCUT2D eigenvalue weighted by Gasteiger charge is -2.33. The molecule has 2 rings (SSSR count). The van der Waals surface area contributed by atoms with Gasteiger partial charge in [0.2, 0.25) is 0 Å². The number of carbonyl (C=O) groups is 1. The second kappa shape index (κ2) is 6.14. The molecule has 1 unspecified atom stereocenters. The maximum absolute atomic E-state index is 10.6. The number of nitrogens with zero attached hydrogens (tertiary/aromatic N) is 4. The van der Waals surface area contributed by atoms with E-state index in [-0.39, 0.29) is 6.42 Å². The first kappa shape index (κ1) is 13.3. The lowest BCUT2D eigenvalue weighted by atomic mass is 9.93. The largest absolute Gasteiger partial charge is 0.481 e. The van der Waals surface area contributed by atoms with Crippen molar-refractivity contribution in [3.63, 3.8) is 0 Å². The number of aliphatic carboxylic acids is 1. The maximum Gasteiger partial charge on any atom is 0.303 e. The predicted octanol–water partition coefficient (Wildman–Crippen LogP) is 1.43. The molecule has 1 aromatic heterocycles. The highest BCUT2D eigenvalue weighted by Crippen LogP contribution is 2.25. The van der Waals surface area contributed by atoms with E-state index in [9.17, 15) is 4.79 Å². The first-order valence-corrected chi connectivity index (χ1v) is 6.38. The van der Waals surface area contributed by atoms with Crippen LogP contribution in [0.15, 0.2) is 12.4 Å². The fourth-order valence-corrected chi connectivity index (χ4v) is 2.46. The van der Waals surface area contributed by atoms with E-state index in [2.05, 4.69) is 9.97 Å². The molecule has 0 amide bonds. The zero-order valence-corrected chi connectivity index (χ0v) is 10.6. The molecule has 1 aliphatic rings. The van der Waals surface area contributed by atoms with Crippen LogP contribution < -0.4 is 4.90 Å². The van der Waals surface area contributed by atoms with E-state index < -0.39 is 5.97 Å². The van der Waals surface area contributed by atoms with Gasteiger partial charge in [-0.2, -0.15) is 5.26 Å². The van der Waals surface area contributed by atoms with Crippen molar-refractivity contribution in [2.75, 3.05) is 18.0 Å². The topological polar surface area (TPSA) is 90.1 Å². The number of hydrogen-bond donors (Lipinski definition) is 1. The van der Waals surface area contributed by atoms with Crippen LogP contribution in [0.3, 0.4) is 0 Å². The minimum absolute atomic E-state index is 0.198. The van der Waals surface area contributed by atoms with Gasteiger partial charge in [0, 0.05) is 31.9 Å². The fraction of sp³-hybridized carbons (Fsp3) is 0.538. The van der Waals surface area contributed by atoms with Gasteiger partial charge in [-0.25, -0.2) is 9.97 Å². The molecule has 1 aromatic rings. The Morgan fingerprint density at radius 3 is 3.05 bits per heavy atom. The number of hydrogen-bond acceptors (Lipinski definition) is 5. The molecule has 1 N–H and O–H groups in total. The molecule has 1 saturated heterocycles. The first-order valence-electron chi connectivity index (χ1n) is 6.38. The summed E-state index contributed by atoms with van der Waals surface area (Å²) in [5, 5.41) is 17.8. The van der Waals surface area contributed by atoms with Crippen LogP contribution in [0, 0.1) is 17.2 Å². The first-order chi connectivity index (χ1) is 9.20. The molecule has 2 heterocycles. The summed E-state index contributed by atoms with van der Waals surface area (Å²) in [7, 11) is 0. The number of rotatable bonds is 4. The number of piperidine rings is 1. The summed E-state index contributed by atoms with van der Waals surface area (Å²) in [4.78, 5) is 20.9. The van der Waals surface area contributed by atoms with Crippen molar-refractivity contribution < 1.29 is 9.90 Å². The van der Waals surface area contributed by atoms with Gasteiger partial charge in [-0.1, -0.05) is 0 Å². The summed E-state index contributed by atoms with van der Waals surface area (Å²) in [6, 6.07) is 2.05. The van der Waals surface area contributed by atoms with Gasteiger partial charge in [0.15, 0.2) is 11.5 Å². The Bertz CT molecular complexity index is 498. The Kier molecular flexibility index (Phi) is 4.29. The Labute approximate surface area is 111 Å². The van der Waals surface area contributed by atoms with Gasteiger partial charge in [0.1, 0.15) is 6.07 Å². The van der Waals surface area contributed by atoms with E-state index >= 15 is 0 Å². The third kappa shape index (κ3) is 3.41. The summed E-state index contributed by atoms with van der Waals surface area (Å²) in [6.07, 6.45) is 5.99. The molecular formula is C13H16N4O2. The SMILES string of the molecule is N#Cc1nccnc1N1CCCC(CCC(=O)O)C1. The smallest absolute Gasteiger partial charge is 0.303 e. The summed E-state index contributed by atoms with van der Waals surface area (Å²) < 4.78 is 0. The summed E-state index contributed by atoms with van der Waals surface area (Å²) in [6.45, 7) is 1.59. The van der Waals surface area contributed by atoms with E-state index in [4.69, 9.17) is 10.4 Å². The van der Waals surface area contributed by atoms with Crippen molar-refractivity contribution in [1.82, 2.24) is 9.97 Å². The molecule has 0 saturated carbocycles. The number of carboxylic acids is 1. The highest BCUT2D eigenvalue weighted by atomic mass is 16.4. The third-order valence-electron chi connectivity index (χ3n) is 3.37. The molecule has 1 fully saturated rings. The van der Waals surface area contributed by atoms with Crippen molar-refractivity contribution >= 4 is 11.8 Å². The standard InChI is InChI=1S/C13H16N4O2/c14-8-11-13(16-6-5-15-11)17-7-1-2-10(9-17)3-4-12(18)19/h5-6,10H,1-4,7,9H2,(H,18,19). The van der Waals surface area contributed by atoms with E-state index in [1.807, 2.05) is 11.0 Å². The number of carboxylic acid groups (broad SMARTS) is 1. The van der Waals surface area contributed by atoms with Gasteiger partial charge in [0.05, 0.1) is 0 Å². The highest BCUT2D eigenvalue weighted by molar-refractivity contribution is 5.66. The van der Waals surface area contributed by atoms with E-state index in [0.29, 0.717) is 23.9 Å². The van der Waals surface area contributed by atoms with Crippen molar-refractivity contribution in [2.45, 2.75) is 25.7 Å². The molecule has 0 aliphatic carbocycles. The molecule has 6 heteroatoms. The summed E-state index contributed by atoms with van der Waals surface area (Å²) in [5.41, 5.74) is 0.335. The summed E-state index contributed by atoms with van der Waals surface area (Å²) >= 11 is 0. The van der Waals surface area contributed by atoms with Gasteiger partial charge in [-0.15, -0.1) is 0 Å². The average Bonchev–Trinajstić information content (AvgIpc) is 2.45. The number of nitriles is 1. The van der Waals surface area contributed by atoms with Crippen LogP contribution in [0.1, 0.15) is 31.4 Å². The minimum Gasteiger partial charge on any atom is -0.481 e. The van der Waals surface area contributed by atoms with Crippen molar-refractivity contribution in [3.8, 4) is 6.07 Å². The lowest BCUT2D eigenvalue weighted by Crippen LogP contribution is -2.36. The molecule has 0 radical (unpaired) electrons. The molecule has 0 spiro atoms. The predicted molar refractivity (Wildman–Crippen MR) is 68.6 cm³/mol. The highest BCUT2D eigenvalue weighted by Gasteiger charge is 2.23. The van der Waals surface area contributed by atoms with Crippen LogP contribution in [0.2, 0.25) is 0 Å². The van der Waals surface area contributed by atoms with Gasteiger partial charge < -0.3 is 10.0 Å². The van der Waals surface area contributed by atoms with Crippen molar-refractivity contribution in [3.05, 3.63) is 18.1 Å².